The van der Waals surface area contributed by atoms with Crippen molar-refractivity contribution in [2.75, 3.05) is 26.4 Å². The van der Waals surface area contributed by atoms with Crippen molar-refractivity contribution in [3.8, 4) is 0 Å². The van der Waals surface area contributed by atoms with Crippen molar-refractivity contribution < 1.29 is 13.2 Å². The SMILES string of the molecule is CN(Cc1cn[nH]c1)C(=O)C1CCCN(S(C)(=O)=O)C1. The molecule has 2 heterocycles. The highest BCUT2D eigenvalue weighted by molar-refractivity contribution is 7.88. The van der Waals surface area contributed by atoms with Gasteiger partial charge in [0.05, 0.1) is 18.4 Å². The van der Waals surface area contributed by atoms with Crippen LogP contribution in [0.3, 0.4) is 0 Å². The van der Waals surface area contributed by atoms with Gasteiger partial charge in [-0.25, -0.2) is 12.7 Å². The smallest absolute Gasteiger partial charge is 0.227 e. The van der Waals surface area contributed by atoms with Crippen molar-refractivity contribution in [1.82, 2.24) is 19.4 Å². The third-order valence-corrected chi connectivity index (χ3v) is 4.82. The van der Waals surface area contributed by atoms with Crippen LogP contribution in [0.2, 0.25) is 0 Å². The molecule has 1 N–H and O–H groups in total. The average Bonchev–Trinajstić information content (AvgIpc) is 2.90. The van der Waals surface area contributed by atoms with E-state index in [-0.39, 0.29) is 18.4 Å². The molecule has 1 amide bonds. The molecule has 8 heteroatoms. The molecule has 1 aliphatic heterocycles. The van der Waals surface area contributed by atoms with Crippen LogP contribution < -0.4 is 0 Å². The van der Waals surface area contributed by atoms with Gasteiger partial charge in [0, 0.05) is 38.4 Å². The number of nitrogens with one attached hydrogen (secondary N) is 1. The maximum atomic E-state index is 12.4. The van der Waals surface area contributed by atoms with Gasteiger partial charge in [-0.05, 0) is 12.8 Å². The van der Waals surface area contributed by atoms with Gasteiger partial charge in [-0.1, -0.05) is 0 Å². The van der Waals surface area contributed by atoms with E-state index in [0.717, 1.165) is 18.4 Å². The molecule has 1 unspecified atom stereocenters. The highest BCUT2D eigenvalue weighted by Crippen LogP contribution is 2.21. The molecule has 1 aliphatic rings. The average molecular weight is 300 g/mol. The summed E-state index contributed by atoms with van der Waals surface area (Å²) in [4.78, 5) is 14.0. The molecule has 112 valence electrons. The first-order valence-corrected chi connectivity index (χ1v) is 8.40. The number of H-pyrrole nitrogens is 1. The molecule has 1 saturated heterocycles. The molecule has 0 aliphatic carbocycles. The minimum absolute atomic E-state index is 0.0143. The van der Waals surface area contributed by atoms with Crippen LogP contribution in [-0.4, -0.2) is 60.1 Å². The van der Waals surface area contributed by atoms with Crippen molar-refractivity contribution in [2.24, 2.45) is 5.92 Å². The predicted molar refractivity (Wildman–Crippen MR) is 74.2 cm³/mol. The minimum Gasteiger partial charge on any atom is -0.341 e. The largest absolute Gasteiger partial charge is 0.341 e. The van der Waals surface area contributed by atoms with Crippen molar-refractivity contribution >= 4 is 15.9 Å². The van der Waals surface area contributed by atoms with Gasteiger partial charge in [-0.3, -0.25) is 9.89 Å². The Morgan fingerprint density at radius 3 is 2.95 bits per heavy atom. The van der Waals surface area contributed by atoms with E-state index in [0.29, 0.717) is 13.1 Å². The molecule has 20 heavy (non-hydrogen) atoms. The zero-order chi connectivity index (χ0) is 14.8. The van der Waals surface area contributed by atoms with E-state index < -0.39 is 10.0 Å². The summed E-state index contributed by atoms with van der Waals surface area (Å²) in [5.41, 5.74) is 0.927. The van der Waals surface area contributed by atoms with Crippen LogP contribution in [0, 0.1) is 5.92 Å². The summed E-state index contributed by atoms with van der Waals surface area (Å²) in [6.07, 6.45) is 6.07. The molecule has 1 aromatic rings. The third kappa shape index (κ3) is 3.57. The van der Waals surface area contributed by atoms with Crippen LogP contribution in [0.4, 0.5) is 0 Å². The van der Waals surface area contributed by atoms with E-state index in [4.69, 9.17) is 0 Å². The lowest BCUT2D eigenvalue weighted by atomic mass is 9.98. The second-order valence-electron chi connectivity index (χ2n) is 5.26. The zero-order valence-electron chi connectivity index (χ0n) is 11.7. The van der Waals surface area contributed by atoms with Crippen LogP contribution in [0.5, 0.6) is 0 Å². The van der Waals surface area contributed by atoms with Gasteiger partial charge < -0.3 is 4.90 Å². The van der Waals surface area contributed by atoms with Gasteiger partial charge in [-0.2, -0.15) is 5.10 Å². The summed E-state index contributed by atoms with van der Waals surface area (Å²) in [7, 11) is -1.49. The van der Waals surface area contributed by atoms with Crippen molar-refractivity contribution in [3.05, 3.63) is 18.0 Å². The summed E-state index contributed by atoms with van der Waals surface area (Å²) in [5.74, 6) is -0.269. The predicted octanol–water partition coefficient (Wildman–Crippen LogP) is 0.0397. The topological polar surface area (TPSA) is 86.4 Å². The Morgan fingerprint density at radius 2 is 2.35 bits per heavy atom. The quantitative estimate of drug-likeness (QED) is 0.850. The van der Waals surface area contributed by atoms with E-state index in [9.17, 15) is 13.2 Å². The van der Waals surface area contributed by atoms with Gasteiger partial charge in [0.15, 0.2) is 0 Å². The summed E-state index contributed by atoms with van der Waals surface area (Å²) < 4.78 is 24.5. The lowest BCUT2D eigenvalue weighted by Crippen LogP contribution is -2.45. The minimum atomic E-state index is -3.22. The number of nitrogens with zero attached hydrogens (tertiary/aromatic N) is 3. The molecule has 1 fully saturated rings. The van der Waals surface area contributed by atoms with Crippen molar-refractivity contribution in [1.29, 1.82) is 0 Å². The summed E-state index contributed by atoms with van der Waals surface area (Å²) in [6, 6.07) is 0. The number of sulfonamides is 1. The molecular formula is C12H20N4O3S. The van der Waals surface area contributed by atoms with Crippen molar-refractivity contribution in [3.63, 3.8) is 0 Å². The van der Waals surface area contributed by atoms with Gasteiger partial charge in [0.25, 0.3) is 0 Å². The number of carbonyl (C=O) groups excluding carboxylic acids is 1. The van der Waals surface area contributed by atoms with Gasteiger partial charge in [0.2, 0.25) is 15.9 Å². The lowest BCUT2D eigenvalue weighted by molar-refractivity contribution is -0.135. The number of hydrogen-bond donors (Lipinski definition) is 1. The van der Waals surface area contributed by atoms with Gasteiger partial charge in [0.1, 0.15) is 0 Å². The Morgan fingerprint density at radius 1 is 1.60 bits per heavy atom. The van der Waals surface area contributed by atoms with Crippen LogP contribution in [0.1, 0.15) is 18.4 Å². The molecule has 1 atom stereocenters. The number of aromatic nitrogens is 2. The van der Waals surface area contributed by atoms with E-state index in [1.54, 1.807) is 24.3 Å². The fraction of sp³-hybridized carbons (Fsp3) is 0.667. The monoisotopic (exact) mass is 300 g/mol. The first kappa shape index (κ1) is 15.0. The summed E-state index contributed by atoms with van der Waals surface area (Å²) >= 11 is 0. The first-order chi connectivity index (χ1) is 9.38. The van der Waals surface area contributed by atoms with Crippen LogP contribution in [0.25, 0.3) is 0 Å². The second kappa shape index (κ2) is 5.92. The Balaban J connectivity index is 1.98. The number of amides is 1. The Kier molecular flexibility index (Phi) is 4.44. The molecular weight excluding hydrogens is 280 g/mol. The number of rotatable bonds is 4. The molecule has 0 radical (unpaired) electrons. The zero-order valence-corrected chi connectivity index (χ0v) is 12.6. The van der Waals surface area contributed by atoms with E-state index >= 15 is 0 Å². The number of carbonyl (C=O) groups is 1. The molecule has 0 saturated carbocycles. The molecule has 1 aromatic heterocycles. The first-order valence-electron chi connectivity index (χ1n) is 6.55. The Hall–Kier alpha value is -1.41. The van der Waals surface area contributed by atoms with Gasteiger partial charge >= 0.3 is 0 Å². The highest BCUT2D eigenvalue weighted by atomic mass is 32.2. The Bertz CT molecular complexity index is 555. The van der Waals surface area contributed by atoms with E-state index in [2.05, 4.69) is 10.2 Å². The number of piperidine rings is 1. The fourth-order valence-corrected chi connectivity index (χ4v) is 3.38. The van der Waals surface area contributed by atoms with Crippen LogP contribution >= 0.6 is 0 Å². The highest BCUT2D eigenvalue weighted by Gasteiger charge is 2.31. The lowest BCUT2D eigenvalue weighted by Gasteiger charge is -2.32. The van der Waals surface area contributed by atoms with Gasteiger partial charge in [-0.15, -0.1) is 0 Å². The molecule has 7 nitrogen and oxygen atoms in total. The number of aromatic amines is 1. The maximum absolute atomic E-state index is 12.4. The summed E-state index contributed by atoms with van der Waals surface area (Å²) in [5, 5.41) is 6.55. The molecule has 0 spiro atoms. The standard InChI is InChI=1S/C12H20N4O3S/c1-15(8-10-6-13-14-7-10)12(17)11-4-3-5-16(9-11)20(2,18)19/h6-7,11H,3-5,8-9H2,1-2H3,(H,13,14). The Labute approximate surface area is 119 Å². The molecule has 0 bridgehead atoms. The van der Waals surface area contributed by atoms with E-state index in [1.165, 1.54) is 10.6 Å². The maximum Gasteiger partial charge on any atom is 0.227 e. The van der Waals surface area contributed by atoms with E-state index in [1.807, 2.05) is 0 Å². The molecule has 2 rings (SSSR count). The second-order valence-corrected chi connectivity index (χ2v) is 7.24. The number of hydrogen-bond acceptors (Lipinski definition) is 4. The van der Waals surface area contributed by atoms with Crippen molar-refractivity contribution in [2.45, 2.75) is 19.4 Å². The third-order valence-electron chi connectivity index (χ3n) is 3.55. The van der Waals surface area contributed by atoms with Crippen LogP contribution in [-0.2, 0) is 21.4 Å². The molecule has 0 aromatic carbocycles. The fourth-order valence-electron chi connectivity index (χ4n) is 2.47. The van der Waals surface area contributed by atoms with Crippen LogP contribution in [0.15, 0.2) is 12.4 Å². The summed E-state index contributed by atoms with van der Waals surface area (Å²) in [6.45, 7) is 1.27. The normalized spacial score (nSPS) is 20.8.